The number of carbonyl (C=O) groups is 1. The van der Waals surface area contributed by atoms with Gasteiger partial charge in [0.15, 0.2) is 6.54 Å². The maximum atomic E-state index is 11.9. The van der Waals surface area contributed by atoms with Crippen LogP contribution in [0.1, 0.15) is 0 Å². The first-order valence-electron chi connectivity index (χ1n) is 6.76. The third-order valence-corrected chi connectivity index (χ3v) is 3.59. The molecule has 3 N–H and O–H groups in total. The van der Waals surface area contributed by atoms with Gasteiger partial charge in [-0.15, -0.1) is 0 Å². The van der Waals surface area contributed by atoms with Crippen molar-refractivity contribution in [2.24, 2.45) is 0 Å². The maximum absolute atomic E-state index is 11.9. The topological polar surface area (TPSA) is 47.2 Å². The van der Waals surface area contributed by atoms with E-state index in [2.05, 4.69) is 12.4 Å². The lowest BCUT2D eigenvalue weighted by Crippen LogP contribution is -3.27. The Morgan fingerprint density at radius 2 is 1.84 bits per heavy atom. The van der Waals surface area contributed by atoms with Crippen LogP contribution in [-0.4, -0.2) is 52.8 Å². The minimum atomic E-state index is 0.0831. The molecule has 5 heteroatoms. The van der Waals surface area contributed by atoms with Crippen molar-refractivity contribution in [1.29, 1.82) is 0 Å². The monoisotopic (exact) mass is 265 g/mol. The van der Waals surface area contributed by atoms with Gasteiger partial charge >= 0.3 is 0 Å². The molecule has 0 aromatic heterocycles. The molecule has 0 spiro atoms. The molecule has 5 nitrogen and oxygen atoms in total. The van der Waals surface area contributed by atoms with Crippen LogP contribution in [0.25, 0.3) is 0 Å². The smallest absolute Gasteiger partial charge is 0.279 e. The molecule has 1 saturated heterocycles. The lowest BCUT2D eigenvalue weighted by atomic mass is 10.3. The summed E-state index contributed by atoms with van der Waals surface area (Å²) in [4.78, 5) is 14.9. The minimum Gasteiger partial charge on any atom is -0.497 e. The van der Waals surface area contributed by atoms with Crippen LogP contribution in [0.4, 0.5) is 5.69 Å². The summed E-state index contributed by atoms with van der Waals surface area (Å²) in [6.45, 7) is 4.99. The minimum absolute atomic E-state index is 0.0831. The van der Waals surface area contributed by atoms with Crippen molar-refractivity contribution >= 4 is 11.6 Å². The molecule has 104 valence electrons. The van der Waals surface area contributed by atoms with Crippen LogP contribution in [0.5, 0.6) is 5.75 Å². The summed E-state index contributed by atoms with van der Waals surface area (Å²) in [6.07, 6.45) is 0. The van der Waals surface area contributed by atoms with E-state index >= 15 is 0 Å². The maximum Gasteiger partial charge on any atom is 0.279 e. The molecule has 1 fully saturated rings. The number of hydrogen-bond donors (Lipinski definition) is 3. The SMILES string of the molecule is COc1ccc(NC(=O)C[NH+]2CC[NH+](C)CC2)cc1. The lowest BCUT2D eigenvalue weighted by molar-refractivity contribution is -0.999. The molecule has 2 rings (SSSR count). The van der Waals surface area contributed by atoms with Gasteiger partial charge in [0.1, 0.15) is 31.9 Å². The van der Waals surface area contributed by atoms with E-state index in [4.69, 9.17) is 4.74 Å². The van der Waals surface area contributed by atoms with Crippen molar-refractivity contribution in [2.75, 3.05) is 52.2 Å². The van der Waals surface area contributed by atoms with Gasteiger partial charge < -0.3 is 19.9 Å². The fraction of sp³-hybridized carbons (Fsp3) is 0.500. The van der Waals surface area contributed by atoms with Gasteiger partial charge in [-0.1, -0.05) is 0 Å². The van der Waals surface area contributed by atoms with Gasteiger partial charge in [0.25, 0.3) is 5.91 Å². The van der Waals surface area contributed by atoms with Crippen LogP contribution in [0.3, 0.4) is 0 Å². The highest BCUT2D eigenvalue weighted by atomic mass is 16.5. The van der Waals surface area contributed by atoms with Gasteiger partial charge in [0, 0.05) is 5.69 Å². The first kappa shape index (κ1) is 13.8. The number of anilines is 1. The zero-order valence-electron chi connectivity index (χ0n) is 11.7. The molecule has 19 heavy (non-hydrogen) atoms. The molecular formula is C14H23N3O2+2. The van der Waals surface area contributed by atoms with E-state index in [0.29, 0.717) is 6.54 Å². The van der Waals surface area contributed by atoms with Crippen LogP contribution in [-0.2, 0) is 4.79 Å². The first-order valence-corrected chi connectivity index (χ1v) is 6.76. The number of quaternary nitrogens is 2. The van der Waals surface area contributed by atoms with Crippen LogP contribution < -0.4 is 19.9 Å². The van der Waals surface area contributed by atoms with E-state index in [1.807, 2.05) is 24.3 Å². The molecular weight excluding hydrogens is 242 g/mol. The molecule has 0 radical (unpaired) electrons. The number of benzene rings is 1. The number of likely N-dealkylation sites (N-methyl/N-ethyl adjacent to an activating group) is 1. The Kier molecular flexibility index (Phi) is 4.76. The van der Waals surface area contributed by atoms with Gasteiger partial charge in [-0.05, 0) is 24.3 Å². The third kappa shape index (κ3) is 4.22. The Balaban J connectivity index is 1.80. The Morgan fingerprint density at radius 3 is 2.42 bits per heavy atom. The predicted molar refractivity (Wildman–Crippen MR) is 73.8 cm³/mol. The predicted octanol–water partition coefficient (Wildman–Crippen LogP) is -1.95. The highest BCUT2D eigenvalue weighted by molar-refractivity contribution is 5.91. The Labute approximate surface area is 114 Å². The number of carbonyl (C=O) groups excluding carboxylic acids is 1. The Morgan fingerprint density at radius 1 is 1.21 bits per heavy atom. The standard InChI is InChI=1S/C14H21N3O2/c1-16-7-9-17(10-8-16)11-14(18)15-12-3-5-13(19-2)6-4-12/h3-6H,7-11H2,1-2H3,(H,15,18)/p+2. The van der Waals surface area contributed by atoms with Crippen molar-refractivity contribution in [2.45, 2.75) is 0 Å². The Hall–Kier alpha value is -1.59. The number of amides is 1. The third-order valence-electron chi connectivity index (χ3n) is 3.59. The molecule has 1 aromatic carbocycles. The number of nitrogens with one attached hydrogen (secondary N) is 3. The fourth-order valence-corrected chi connectivity index (χ4v) is 2.31. The second kappa shape index (κ2) is 6.54. The van der Waals surface area contributed by atoms with E-state index in [1.54, 1.807) is 12.0 Å². The summed E-state index contributed by atoms with van der Waals surface area (Å²) in [7, 11) is 3.83. The van der Waals surface area contributed by atoms with E-state index in [9.17, 15) is 4.79 Å². The molecule has 1 aromatic rings. The van der Waals surface area contributed by atoms with Gasteiger partial charge in [-0.2, -0.15) is 0 Å². The fourth-order valence-electron chi connectivity index (χ4n) is 2.31. The largest absolute Gasteiger partial charge is 0.497 e. The van der Waals surface area contributed by atoms with Crippen LogP contribution in [0, 0.1) is 0 Å². The summed E-state index contributed by atoms with van der Waals surface area (Å²) in [5.74, 6) is 0.880. The van der Waals surface area contributed by atoms with Crippen LogP contribution >= 0.6 is 0 Å². The highest BCUT2D eigenvalue weighted by Gasteiger charge is 2.22. The number of methoxy groups -OCH3 is 1. The van der Waals surface area contributed by atoms with E-state index < -0.39 is 0 Å². The van der Waals surface area contributed by atoms with E-state index in [1.165, 1.54) is 4.90 Å². The molecule has 1 aliphatic rings. The normalized spacial score (nSPS) is 22.8. The van der Waals surface area contributed by atoms with Crippen molar-refractivity contribution in [3.05, 3.63) is 24.3 Å². The van der Waals surface area contributed by atoms with E-state index in [-0.39, 0.29) is 5.91 Å². The molecule has 1 aliphatic heterocycles. The molecule has 0 atom stereocenters. The van der Waals surface area contributed by atoms with Crippen LogP contribution in [0.15, 0.2) is 24.3 Å². The van der Waals surface area contributed by atoms with Crippen molar-refractivity contribution in [3.63, 3.8) is 0 Å². The average molecular weight is 265 g/mol. The summed E-state index contributed by atoms with van der Waals surface area (Å²) >= 11 is 0. The molecule has 0 aliphatic carbocycles. The zero-order chi connectivity index (χ0) is 13.7. The van der Waals surface area contributed by atoms with Gasteiger partial charge in [-0.25, -0.2) is 0 Å². The first-order chi connectivity index (χ1) is 9.17. The number of piperazine rings is 1. The number of hydrogen-bond acceptors (Lipinski definition) is 2. The molecule has 0 bridgehead atoms. The van der Waals surface area contributed by atoms with Gasteiger partial charge in [-0.3, -0.25) is 4.79 Å². The van der Waals surface area contributed by atoms with Crippen molar-refractivity contribution in [1.82, 2.24) is 0 Å². The summed E-state index contributed by atoms with van der Waals surface area (Å²) in [6, 6.07) is 7.42. The zero-order valence-corrected chi connectivity index (χ0v) is 11.7. The summed E-state index contributed by atoms with van der Waals surface area (Å²) in [5, 5.41) is 2.93. The molecule has 0 saturated carbocycles. The molecule has 1 amide bonds. The summed E-state index contributed by atoms with van der Waals surface area (Å²) < 4.78 is 5.09. The van der Waals surface area contributed by atoms with E-state index in [0.717, 1.165) is 37.6 Å². The number of rotatable bonds is 4. The molecule has 0 unspecified atom stereocenters. The Bertz CT molecular complexity index is 411. The number of ether oxygens (including phenoxy) is 1. The second-order valence-electron chi connectivity index (χ2n) is 5.16. The average Bonchev–Trinajstić information content (AvgIpc) is 2.42. The lowest BCUT2D eigenvalue weighted by Gasteiger charge is -2.26. The van der Waals surface area contributed by atoms with Crippen molar-refractivity contribution < 1.29 is 19.3 Å². The quantitative estimate of drug-likeness (QED) is 0.592. The van der Waals surface area contributed by atoms with Gasteiger partial charge in [0.2, 0.25) is 0 Å². The molecule has 1 heterocycles. The van der Waals surface area contributed by atoms with Gasteiger partial charge in [0.05, 0.1) is 14.2 Å². The van der Waals surface area contributed by atoms with Crippen LogP contribution in [0.2, 0.25) is 0 Å². The summed E-state index contributed by atoms with van der Waals surface area (Å²) in [5.41, 5.74) is 0.824. The van der Waals surface area contributed by atoms with Crippen molar-refractivity contribution in [3.8, 4) is 5.75 Å². The highest BCUT2D eigenvalue weighted by Crippen LogP contribution is 2.14. The second-order valence-corrected chi connectivity index (χ2v) is 5.16.